The topological polar surface area (TPSA) is 58.2 Å². The van der Waals surface area contributed by atoms with E-state index in [1.165, 1.54) is 17.3 Å². The third-order valence-electron chi connectivity index (χ3n) is 3.37. The average Bonchev–Trinajstić information content (AvgIpc) is 2.55. The maximum atomic E-state index is 11.8. The van der Waals surface area contributed by atoms with Gasteiger partial charge in [-0.15, -0.1) is 11.8 Å². The molecule has 0 saturated carbocycles. The second-order valence-electron chi connectivity index (χ2n) is 5.67. The van der Waals surface area contributed by atoms with Crippen LogP contribution in [0.15, 0.2) is 48.5 Å². The Hall–Kier alpha value is -2.27. The maximum Gasteiger partial charge on any atom is 0.234 e. The number of amides is 2. The summed E-state index contributed by atoms with van der Waals surface area (Å²) in [7, 11) is 0. The first kappa shape index (κ1) is 18.1. The molecule has 2 aromatic rings. The summed E-state index contributed by atoms with van der Waals surface area (Å²) in [6, 6.07) is 15.6. The average molecular weight is 342 g/mol. The molecule has 24 heavy (non-hydrogen) atoms. The molecule has 0 spiro atoms. The van der Waals surface area contributed by atoms with Crippen LogP contribution in [-0.4, -0.2) is 23.3 Å². The van der Waals surface area contributed by atoms with Gasteiger partial charge in [0.15, 0.2) is 0 Å². The third kappa shape index (κ3) is 6.46. The largest absolute Gasteiger partial charge is 0.351 e. The third-order valence-corrected chi connectivity index (χ3v) is 4.31. The number of carbonyl (C=O) groups excluding carboxylic acids is 2. The lowest BCUT2D eigenvalue weighted by atomic mass is 10.1. The van der Waals surface area contributed by atoms with Crippen molar-refractivity contribution in [1.82, 2.24) is 5.32 Å². The van der Waals surface area contributed by atoms with Gasteiger partial charge in [-0.2, -0.15) is 0 Å². The molecule has 2 aromatic carbocycles. The van der Waals surface area contributed by atoms with Crippen LogP contribution in [0.2, 0.25) is 0 Å². The normalized spacial score (nSPS) is 10.2. The number of carbonyl (C=O) groups is 2. The molecule has 0 heterocycles. The Kier molecular flexibility index (Phi) is 6.88. The van der Waals surface area contributed by atoms with Crippen LogP contribution >= 0.6 is 11.8 Å². The molecule has 0 aromatic heterocycles. The fraction of sp³-hybridized carbons (Fsp3) is 0.263. The lowest BCUT2D eigenvalue weighted by molar-refractivity contribution is -0.118. The van der Waals surface area contributed by atoms with Crippen LogP contribution in [0.5, 0.6) is 0 Å². The second-order valence-corrected chi connectivity index (χ2v) is 6.66. The molecule has 0 aliphatic rings. The molecule has 4 nitrogen and oxygen atoms in total. The smallest absolute Gasteiger partial charge is 0.234 e. The van der Waals surface area contributed by atoms with Crippen molar-refractivity contribution in [2.75, 3.05) is 16.8 Å². The summed E-state index contributed by atoms with van der Waals surface area (Å²) in [5.74, 6) is 0.360. The van der Waals surface area contributed by atoms with Crippen molar-refractivity contribution in [2.45, 2.75) is 20.4 Å². The van der Waals surface area contributed by atoms with Crippen LogP contribution in [0.1, 0.15) is 16.7 Å². The molecule has 0 unspecified atom stereocenters. The summed E-state index contributed by atoms with van der Waals surface area (Å²) < 4.78 is 0. The van der Waals surface area contributed by atoms with Crippen molar-refractivity contribution in [2.24, 2.45) is 0 Å². The van der Waals surface area contributed by atoms with Crippen molar-refractivity contribution in [1.29, 1.82) is 0 Å². The van der Waals surface area contributed by atoms with Crippen molar-refractivity contribution in [3.8, 4) is 0 Å². The molecule has 2 amide bonds. The predicted molar refractivity (Wildman–Crippen MR) is 100 cm³/mol. The minimum atomic E-state index is -0.102. The van der Waals surface area contributed by atoms with E-state index in [1.54, 1.807) is 0 Å². The van der Waals surface area contributed by atoms with Crippen molar-refractivity contribution >= 4 is 29.3 Å². The Morgan fingerprint density at radius 2 is 1.62 bits per heavy atom. The second kappa shape index (κ2) is 9.13. The van der Waals surface area contributed by atoms with Gasteiger partial charge in [0, 0.05) is 12.2 Å². The van der Waals surface area contributed by atoms with Gasteiger partial charge in [0.2, 0.25) is 11.8 Å². The van der Waals surface area contributed by atoms with E-state index in [0.717, 1.165) is 16.8 Å². The molecule has 0 radical (unpaired) electrons. The van der Waals surface area contributed by atoms with E-state index in [0.29, 0.717) is 6.54 Å². The van der Waals surface area contributed by atoms with Crippen LogP contribution in [0, 0.1) is 13.8 Å². The fourth-order valence-corrected chi connectivity index (χ4v) is 2.79. The van der Waals surface area contributed by atoms with Gasteiger partial charge in [0.25, 0.3) is 0 Å². The molecular weight excluding hydrogens is 320 g/mol. The molecule has 0 aliphatic heterocycles. The van der Waals surface area contributed by atoms with E-state index in [-0.39, 0.29) is 23.3 Å². The van der Waals surface area contributed by atoms with E-state index in [9.17, 15) is 9.59 Å². The zero-order valence-corrected chi connectivity index (χ0v) is 14.8. The summed E-state index contributed by atoms with van der Waals surface area (Å²) in [5.41, 5.74) is 4.16. The number of hydrogen-bond donors (Lipinski definition) is 2. The summed E-state index contributed by atoms with van der Waals surface area (Å²) in [4.78, 5) is 23.6. The molecule has 2 N–H and O–H groups in total. The Balaban J connectivity index is 1.65. The lowest BCUT2D eigenvalue weighted by Crippen LogP contribution is -2.25. The molecular formula is C19H22N2O2S. The Bertz CT molecular complexity index is 699. The van der Waals surface area contributed by atoms with Crippen LogP contribution in [0.25, 0.3) is 0 Å². The van der Waals surface area contributed by atoms with Crippen LogP contribution < -0.4 is 10.6 Å². The van der Waals surface area contributed by atoms with Crippen LogP contribution in [0.3, 0.4) is 0 Å². The van der Waals surface area contributed by atoms with E-state index >= 15 is 0 Å². The van der Waals surface area contributed by atoms with Crippen molar-refractivity contribution in [3.05, 3.63) is 65.2 Å². The Labute approximate surface area is 147 Å². The van der Waals surface area contributed by atoms with Crippen LogP contribution in [0.4, 0.5) is 5.69 Å². The first-order valence-electron chi connectivity index (χ1n) is 7.79. The maximum absolute atomic E-state index is 11.8. The molecule has 5 heteroatoms. The lowest BCUT2D eigenvalue weighted by Gasteiger charge is -2.07. The van der Waals surface area contributed by atoms with Gasteiger partial charge in [-0.25, -0.2) is 0 Å². The predicted octanol–water partition coefficient (Wildman–Crippen LogP) is 3.29. The van der Waals surface area contributed by atoms with E-state index < -0.39 is 0 Å². The first-order chi connectivity index (χ1) is 11.5. The van der Waals surface area contributed by atoms with Crippen molar-refractivity contribution in [3.63, 3.8) is 0 Å². The number of thioether (sulfide) groups is 1. The quantitative estimate of drug-likeness (QED) is 0.812. The molecule has 126 valence electrons. The minimum absolute atomic E-state index is 0.0651. The van der Waals surface area contributed by atoms with E-state index in [2.05, 4.69) is 10.6 Å². The van der Waals surface area contributed by atoms with E-state index in [4.69, 9.17) is 0 Å². The standard InChI is InChI=1S/C19H22N2O2S/c1-14-6-8-17(9-7-14)21-19(23)13-24-12-18(22)20-11-16-5-3-4-15(2)10-16/h3-10H,11-13H2,1-2H3,(H,20,22)(H,21,23). The molecule has 0 fully saturated rings. The van der Waals surface area contributed by atoms with Gasteiger partial charge in [0.1, 0.15) is 0 Å². The van der Waals surface area contributed by atoms with Gasteiger partial charge < -0.3 is 10.6 Å². The SMILES string of the molecule is Cc1ccc(NC(=O)CSCC(=O)NCc2cccc(C)c2)cc1. The zero-order chi connectivity index (χ0) is 17.4. The number of benzene rings is 2. The molecule has 2 rings (SSSR count). The van der Waals surface area contributed by atoms with E-state index in [1.807, 2.05) is 62.4 Å². The van der Waals surface area contributed by atoms with Gasteiger partial charge in [-0.1, -0.05) is 47.5 Å². The van der Waals surface area contributed by atoms with Crippen molar-refractivity contribution < 1.29 is 9.59 Å². The molecule has 0 aliphatic carbocycles. The minimum Gasteiger partial charge on any atom is -0.351 e. The summed E-state index contributed by atoms with van der Waals surface area (Å²) in [5, 5.41) is 5.68. The number of anilines is 1. The number of hydrogen-bond acceptors (Lipinski definition) is 3. The Morgan fingerprint density at radius 1 is 0.917 bits per heavy atom. The Morgan fingerprint density at radius 3 is 2.33 bits per heavy atom. The first-order valence-corrected chi connectivity index (χ1v) is 8.95. The highest BCUT2D eigenvalue weighted by Crippen LogP contribution is 2.10. The number of nitrogens with one attached hydrogen (secondary N) is 2. The summed E-state index contributed by atoms with van der Waals surface area (Å²) >= 11 is 1.31. The number of aryl methyl sites for hydroxylation is 2. The fourth-order valence-electron chi connectivity index (χ4n) is 2.14. The van der Waals surface area contributed by atoms with Crippen LogP contribution in [-0.2, 0) is 16.1 Å². The van der Waals surface area contributed by atoms with Gasteiger partial charge in [-0.05, 0) is 31.5 Å². The summed E-state index contributed by atoms with van der Waals surface area (Å²) in [6.45, 7) is 4.53. The monoisotopic (exact) mass is 342 g/mol. The van der Waals surface area contributed by atoms with Gasteiger partial charge in [0.05, 0.1) is 11.5 Å². The van der Waals surface area contributed by atoms with Gasteiger partial charge in [-0.3, -0.25) is 9.59 Å². The zero-order valence-electron chi connectivity index (χ0n) is 14.0. The molecule has 0 bridgehead atoms. The molecule has 0 atom stereocenters. The van der Waals surface area contributed by atoms with Gasteiger partial charge >= 0.3 is 0 Å². The highest BCUT2D eigenvalue weighted by Gasteiger charge is 2.06. The molecule has 0 saturated heterocycles. The number of rotatable bonds is 7. The highest BCUT2D eigenvalue weighted by atomic mass is 32.2. The summed E-state index contributed by atoms with van der Waals surface area (Å²) in [6.07, 6.45) is 0. The highest BCUT2D eigenvalue weighted by molar-refractivity contribution is 8.00.